The molecule has 1 aromatic carbocycles. The molecule has 0 spiro atoms. The Morgan fingerprint density at radius 2 is 1.94 bits per heavy atom. The molecule has 0 aromatic heterocycles. The van der Waals surface area contributed by atoms with Crippen molar-refractivity contribution in [1.29, 1.82) is 0 Å². The summed E-state index contributed by atoms with van der Waals surface area (Å²) in [7, 11) is 5.90. The van der Waals surface area contributed by atoms with E-state index in [-0.39, 0.29) is 5.56 Å². The van der Waals surface area contributed by atoms with Crippen LogP contribution in [0.4, 0.5) is 10.1 Å². The highest BCUT2D eigenvalue weighted by Gasteiger charge is 2.10. The van der Waals surface area contributed by atoms with Gasteiger partial charge in [-0.1, -0.05) is 6.07 Å². The van der Waals surface area contributed by atoms with Gasteiger partial charge in [0.2, 0.25) is 0 Å². The highest BCUT2D eigenvalue weighted by molar-refractivity contribution is 5.84. The van der Waals surface area contributed by atoms with E-state index in [1.54, 1.807) is 12.1 Å². The summed E-state index contributed by atoms with van der Waals surface area (Å²) >= 11 is 0. The third-order valence-electron chi connectivity index (χ3n) is 2.66. The number of hydrogen-bond donors (Lipinski definition) is 0. The first-order valence-corrected chi connectivity index (χ1v) is 5.66. The Hall–Kier alpha value is -1.42. The number of rotatable bonds is 6. The molecule has 0 bridgehead atoms. The van der Waals surface area contributed by atoms with Crippen molar-refractivity contribution < 1.29 is 9.18 Å². The van der Waals surface area contributed by atoms with Crippen molar-refractivity contribution in [3.63, 3.8) is 0 Å². The quantitative estimate of drug-likeness (QED) is 0.708. The number of halogens is 1. The summed E-state index contributed by atoms with van der Waals surface area (Å²) in [6, 6.07) is 4.70. The lowest BCUT2D eigenvalue weighted by molar-refractivity contribution is 0.112. The SMILES string of the molecule is CN(C)CCCN(C)c1cccc(F)c1C=O. The van der Waals surface area contributed by atoms with E-state index in [0.717, 1.165) is 19.5 Å². The summed E-state index contributed by atoms with van der Waals surface area (Å²) in [5, 5.41) is 0. The summed E-state index contributed by atoms with van der Waals surface area (Å²) in [6.07, 6.45) is 1.55. The maximum absolute atomic E-state index is 13.4. The van der Waals surface area contributed by atoms with E-state index in [1.807, 2.05) is 26.0 Å². The maximum atomic E-state index is 13.4. The number of carbonyl (C=O) groups is 1. The van der Waals surface area contributed by atoms with E-state index >= 15 is 0 Å². The van der Waals surface area contributed by atoms with Crippen LogP contribution in [0.5, 0.6) is 0 Å². The van der Waals surface area contributed by atoms with Crippen LogP contribution >= 0.6 is 0 Å². The van der Waals surface area contributed by atoms with Crippen LogP contribution < -0.4 is 4.90 Å². The van der Waals surface area contributed by atoms with Gasteiger partial charge in [-0.05, 0) is 39.2 Å². The molecule has 0 radical (unpaired) electrons. The first-order valence-electron chi connectivity index (χ1n) is 5.66. The molecule has 0 fully saturated rings. The molecule has 94 valence electrons. The third kappa shape index (κ3) is 3.82. The molecule has 3 nitrogen and oxygen atoms in total. The summed E-state index contributed by atoms with van der Waals surface area (Å²) in [4.78, 5) is 14.9. The molecule has 0 atom stereocenters. The first kappa shape index (κ1) is 13.6. The number of hydrogen-bond acceptors (Lipinski definition) is 3. The van der Waals surface area contributed by atoms with Gasteiger partial charge >= 0.3 is 0 Å². The van der Waals surface area contributed by atoms with Crippen molar-refractivity contribution in [2.75, 3.05) is 39.1 Å². The highest BCUT2D eigenvalue weighted by Crippen LogP contribution is 2.20. The second kappa shape index (κ2) is 6.35. The van der Waals surface area contributed by atoms with E-state index < -0.39 is 5.82 Å². The lowest BCUT2D eigenvalue weighted by Gasteiger charge is -2.22. The van der Waals surface area contributed by atoms with Crippen molar-refractivity contribution in [1.82, 2.24) is 4.90 Å². The second-order valence-electron chi connectivity index (χ2n) is 4.37. The zero-order valence-electron chi connectivity index (χ0n) is 10.6. The van der Waals surface area contributed by atoms with E-state index in [1.165, 1.54) is 6.07 Å². The number of carbonyl (C=O) groups excluding carboxylic acids is 1. The highest BCUT2D eigenvalue weighted by atomic mass is 19.1. The fourth-order valence-electron chi connectivity index (χ4n) is 1.72. The average molecular weight is 238 g/mol. The Bertz CT molecular complexity index is 380. The van der Waals surface area contributed by atoms with Crippen molar-refractivity contribution in [3.8, 4) is 0 Å². The van der Waals surface area contributed by atoms with Crippen LogP contribution in [0, 0.1) is 5.82 Å². The molecule has 0 saturated carbocycles. The lowest BCUT2D eigenvalue weighted by Crippen LogP contribution is -2.24. The number of benzene rings is 1. The normalized spacial score (nSPS) is 10.6. The Morgan fingerprint density at radius 1 is 1.24 bits per heavy atom. The van der Waals surface area contributed by atoms with E-state index in [9.17, 15) is 9.18 Å². The van der Waals surface area contributed by atoms with Gasteiger partial charge in [-0.2, -0.15) is 0 Å². The number of anilines is 1. The van der Waals surface area contributed by atoms with Crippen molar-refractivity contribution >= 4 is 12.0 Å². The summed E-state index contributed by atoms with van der Waals surface area (Å²) in [5.41, 5.74) is 0.790. The van der Waals surface area contributed by atoms with Gasteiger partial charge in [-0.3, -0.25) is 4.79 Å². The molecule has 0 amide bonds. The predicted molar refractivity (Wildman–Crippen MR) is 68.2 cm³/mol. The maximum Gasteiger partial charge on any atom is 0.155 e. The van der Waals surface area contributed by atoms with Crippen LogP contribution in [-0.4, -0.2) is 45.4 Å². The number of aldehydes is 1. The minimum absolute atomic E-state index is 0.139. The fourth-order valence-corrected chi connectivity index (χ4v) is 1.72. The van der Waals surface area contributed by atoms with Gasteiger partial charge in [0.1, 0.15) is 5.82 Å². The zero-order chi connectivity index (χ0) is 12.8. The second-order valence-corrected chi connectivity index (χ2v) is 4.37. The van der Waals surface area contributed by atoms with Crippen molar-refractivity contribution in [3.05, 3.63) is 29.6 Å². The topological polar surface area (TPSA) is 23.6 Å². The molecule has 4 heteroatoms. The third-order valence-corrected chi connectivity index (χ3v) is 2.66. The van der Waals surface area contributed by atoms with E-state index in [4.69, 9.17) is 0 Å². The van der Waals surface area contributed by atoms with Gasteiger partial charge < -0.3 is 9.80 Å². The van der Waals surface area contributed by atoms with Gasteiger partial charge in [0.25, 0.3) is 0 Å². The molecule has 0 N–H and O–H groups in total. The minimum Gasteiger partial charge on any atom is -0.374 e. The standard InChI is InChI=1S/C13H19FN2O/c1-15(2)8-5-9-16(3)13-7-4-6-12(14)11(13)10-17/h4,6-7,10H,5,8-9H2,1-3H3. The summed E-state index contributed by atoms with van der Waals surface area (Å²) < 4.78 is 13.4. The molecule has 0 unspecified atom stereocenters. The summed E-state index contributed by atoms with van der Waals surface area (Å²) in [6.45, 7) is 1.76. The molecule has 0 aliphatic rings. The van der Waals surface area contributed by atoms with Crippen LogP contribution in [0.1, 0.15) is 16.8 Å². The Balaban J connectivity index is 2.71. The molecule has 0 heterocycles. The van der Waals surface area contributed by atoms with Crippen LogP contribution in [0.15, 0.2) is 18.2 Å². The minimum atomic E-state index is -0.461. The number of nitrogens with zero attached hydrogens (tertiary/aromatic N) is 2. The zero-order valence-corrected chi connectivity index (χ0v) is 10.6. The van der Waals surface area contributed by atoms with Crippen LogP contribution in [-0.2, 0) is 0 Å². The van der Waals surface area contributed by atoms with Crippen molar-refractivity contribution in [2.45, 2.75) is 6.42 Å². The molecule has 0 saturated heterocycles. The molecule has 0 aliphatic carbocycles. The molecular weight excluding hydrogens is 219 g/mol. The van der Waals surface area contributed by atoms with Gasteiger partial charge in [0.05, 0.1) is 5.56 Å². The van der Waals surface area contributed by atoms with Gasteiger partial charge in [0, 0.05) is 19.3 Å². The Morgan fingerprint density at radius 3 is 2.53 bits per heavy atom. The Labute approximate surface area is 102 Å². The Kier molecular flexibility index (Phi) is 5.10. The van der Waals surface area contributed by atoms with E-state index in [2.05, 4.69) is 4.90 Å². The fraction of sp³-hybridized carbons (Fsp3) is 0.462. The van der Waals surface area contributed by atoms with Gasteiger partial charge in [0.15, 0.2) is 6.29 Å². The monoisotopic (exact) mass is 238 g/mol. The van der Waals surface area contributed by atoms with Crippen LogP contribution in [0.25, 0.3) is 0 Å². The van der Waals surface area contributed by atoms with E-state index in [0.29, 0.717) is 12.0 Å². The summed E-state index contributed by atoms with van der Waals surface area (Å²) in [5.74, 6) is -0.461. The molecule has 1 aromatic rings. The smallest absolute Gasteiger partial charge is 0.155 e. The average Bonchev–Trinajstić information content (AvgIpc) is 2.28. The van der Waals surface area contributed by atoms with Crippen LogP contribution in [0.3, 0.4) is 0 Å². The predicted octanol–water partition coefficient (Wildman–Crippen LogP) is 2.03. The lowest BCUT2D eigenvalue weighted by atomic mass is 10.1. The van der Waals surface area contributed by atoms with Crippen LogP contribution in [0.2, 0.25) is 0 Å². The molecule has 17 heavy (non-hydrogen) atoms. The molecular formula is C13H19FN2O. The largest absolute Gasteiger partial charge is 0.374 e. The van der Waals surface area contributed by atoms with Gasteiger partial charge in [-0.15, -0.1) is 0 Å². The first-order chi connectivity index (χ1) is 8.06. The molecule has 1 rings (SSSR count). The van der Waals surface area contributed by atoms with Crippen molar-refractivity contribution in [2.24, 2.45) is 0 Å². The molecule has 0 aliphatic heterocycles. The van der Waals surface area contributed by atoms with Gasteiger partial charge in [-0.25, -0.2) is 4.39 Å².